The molecule has 1 aliphatic rings. The molecule has 6 heteroatoms. The van der Waals surface area contributed by atoms with E-state index in [0.717, 1.165) is 10.5 Å². The minimum absolute atomic E-state index is 0.0417. The van der Waals surface area contributed by atoms with E-state index in [9.17, 15) is 18.8 Å². The van der Waals surface area contributed by atoms with Gasteiger partial charge in [-0.1, -0.05) is 60.7 Å². The Balaban J connectivity index is 1.62. The summed E-state index contributed by atoms with van der Waals surface area (Å²) < 4.78 is 13.9. The van der Waals surface area contributed by atoms with Crippen molar-refractivity contribution >= 4 is 17.7 Å². The largest absolute Gasteiger partial charge is 0.350 e. The molecule has 1 atom stereocenters. The first-order valence-electron chi connectivity index (χ1n) is 9.58. The molecule has 0 bridgehead atoms. The minimum atomic E-state index is -1.05. The molecular formula is C24H19FN2O3. The summed E-state index contributed by atoms with van der Waals surface area (Å²) in [7, 11) is 0. The second-order valence-corrected chi connectivity index (χ2v) is 7.04. The van der Waals surface area contributed by atoms with Gasteiger partial charge in [0, 0.05) is 18.5 Å². The lowest BCUT2D eigenvalue weighted by Crippen LogP contribution is -2.50. The van der Waals surface area contributed by atoms with Crippen LogP contribution in [0.1, 0.15) is 31.8 Å². The minimum Gasteiger partial charge on any atom is -0.350 e. The number of nitrogens with one attached hydrogen (secondary N) is 1. The maximum Gasteiger partial charge on any atom is 0.262 e. The monoisotopic (exact) mass is 402 g/mol. The van der Waals surface area contributed by atoms with Gasteiger partial charge in [-0.15, -0.1) is 0 Å². The Morgan fingerprint density at radius 1 is 0.833 bits per heavy atom. The standard InChI is InChI=1S/C24H19FN2O3/c25-20-13-7-4-10-17(20)15-26-22(28)21(14-16-8-2-1-3-9-16)27-23(29)18-11-5-6-12-19(18)24(27)30/h1-13,21H,14-15H2,(H,26,28)/t21-/m0/s1. The highest BCUT2D eigenvalue weighted by Crippen LogP contribution is 2.26. The first-order chi connectivity index (χ1) is 14.6. The number of carbonyl (C=O) groups excluding carboxylic acids is 3. The number of imide groups is 1. The maximum atomic E-state index is 13.9. The van der Waals surface area contributed by atoms with Gasteiger partial charge in [0.1, 0.15) is 11.9 Å². The van der Waals surface area contributed by atoms with Gasteiger partial charge in [0.2, 0.25) is 5.91 Å². The van der Waals surface area contributed by atoms with Gasteiger partial charge in [-0.3, -0.25) is 19.3 Å². The van der Waals surface area contributed by atoms with Crippen LogP contribution in [0.5, 0.6) is 0 Å². The van der Waals surface area contributed by atoms with E-state index in [1.165, 1.54) is 6.07 Å². The quantitative estimate of drug-likeness (QED) is 0.643. The van der Waals surface area contributed by atoms with E-state index < -0.39 is 29.6 Å². The van der Waals surface area contributed by atoms with Crippen LogP contribution in [0.15, 0.2) is 78.9 Å². The molecule has 3 amide bonds. The van der Waals surface area contributed by atoms with E-state index >= 15 is 0 Å². The molecule has 4 rings (SSSR count). The van der Waals surface area contributed by atoms with Crippen LogP contribution in [0.3, 0.4) is 0 Å². The van der Waals surface area contributed by atoms with E-state index in [-0.39, 0.29) is 24.1 Å². The molecule has 0 aliphatic carbocycles. The predicted octanol–water partition coefficient (Wildman–Crippen LogP) is 3.35. The van der Waals surface area contributed by atoms with Gasteiger partial charge in [-0.25, -0.2) is 4.39 Å². The van der Waals surface area contributed by atoms with Crippen LogP contribution in [0.25, 0.3) is 0 Å². The van der Waals surface area contributed by atoms with Crippen molar-refractivity contribution in [2.24, 2.45) is 0 Å². The zero-order valence-electron chi connectivity index (χ0n) is 16.0. The van der Waals surface area contributed by atoms with Crippen LogP contribution >= 0.6 is 0 Å². The molecule has 0 spiro atoms. The van der Waals surface area contributed by atoms with Crippen molar-refractivity contribution in [1.82, 2.24) is 10.2 Å². The summed E-state index contributed by atoms with van der Waals surface area (Å²) in [4.78, 5) is 40.0. The summed E-state index contributed by atoms with van der Waals surface area (Å²) >= 11 is 0. The van der Waals surface area contributed by atoms with Crippen LogP contribution in [0.2, 0.25) is 0 Å². The van der Waals surface area contributed by atoms with Crippen LogP contribution < -0.4 is 5.32 Å². The Bertz CT molecular complexity index is 1080. The highest BCUT2D eigenvalue weighted by molar-refractivity contribution is 6.22. The Morgan fingerprint density at radius 2 is 1.40 bits per heavy atom. The van der Waals surface area contributed by atoms with Crippen LogP contribution in [-0.2, 0) is 17.8 Å². The van der Waals surface area contributed by atoms with E-state index in [1.807, 2.05) is 30.3 Å². The van der Waals surface area contributed by atoms with Crippen molar-refractivity contribution in [1.29, 1.82) is 0 Å². The molecule has 5 nitrogen and oxygen atoms in total. The van der Waals surface area contributed by atoms with Crippen LogP contribution in [0.4, 0.5) is 4.39 Å². The number of nitrogens with zero attached hydrogens (tertiary/aromatic N) is 1. The molecule has 0 saturated carbocycles. The van der Waals surface area contributed by atoms with Crippen molar-refractivity contribution in [3.63, 3.8) is 0 Å². The zero-order valence-corrected chi connectivity index (χ0v) is 16.0. The first-order valence-corrected chi connectivity index (χ1v) is 9.58. The number of benzene rings is 3. The van der Waals surface area contributed by atoms with Gasteiger partial charge < -0.3 is 5.32 Å². The third-order valence-corrected chi connectivity index (χ3v) is 5.12. The zero-order chi connectivity index (χ0) is 21.1. The lowest BCUT2D eigenvalue weighted by atomic mass is 10.0. The van der Waals surface area contributed by atoms with Gasteiger partial charge in [-0.2, -0.15) is 0 Å². The van der Waals surface area contributed by atoms with Gasteiger partial charge in [0.05, 0.1) is 11.1 Å². The van der Waals surface area contributed by atoms with Gasteiger partial charge in [0.25, 0.3) is 11.8 Å². The van der Waals surface area contributed by atoms with Crippen molar-refractivity contribution in [2.45, 2.75) is 19.0 Å². The predicted molar refractivity (Wildman–Crippen MR) is 109 cm³/mol. The van der Waals surface area contributed by atoms with E-state index in [2.05, 4.69) is 5.32 Å². The second-order valence-electron chi connectivity index (χ2n) is 7.04. The molecule has 0 fully saturated rings. The Kier molecular flexibility index (Phi) is 5.39. The SMILES string of the molecule is O=C(NCc1ccccc1F)[C@H](Cc1ccccc1)N1C(=O)c2ccccc2C1=O. The fourth-order valence-electron chi connectivity index (χ4n) is 3.57. The molecule has 1 heterocycles. The molecule has 30 heavy (non-hydrogen) atoms. The number of halogens is 1. The first kappa shape index (κ1) is 19.5. The summed E-state index contributed by atoms with van der Waals surface area (Å²) in [6.45, 7) is -0.0417. The molecule has 0 unspecified atom stereocenters. The second kappa shape index (κ2) is 8.29. The van der Waals surface area contributed by atoms with E-state index in [0.29, 0.717) is 5.56 Å². The number of fused-ring (bicyclic) bond motifs is 1. The molecular weight excluding hydrogens is 383 g/mol. The molecule has 0 radical (unpaired) electrons. The topological polar surface area (TPSA) is 66.5 Å². The fraction of sp³-hybridized carbons (Fsp3) is 0.125. The lowest BCUT2D eigenvalue weighted by molar-refractivity contribution is -0.125. The fourth-order valence-corrected chi connectivity index (χ4v) is 3.57. The molecule has 3 aromatic carbocycles. The Hall–Kier alpha value is -3.80. The van der Waals surface area contributed by atoms with Crippen molar-refractivity contribution in [3.8, 4) is 0 Å². The van der Waals surface area contributed by atoms with Crippen molar-refractivity contribution < 1.29 is 18.8 Å². The van der Waals surface area contributed by atoms with Gasteiger partial charge >= 0.3 is 0 Å². The van der Waals surface area contributed by atoms with Crippen LogP contribution in [-0.4, -0.2) is 28.7 Å². The number of carbonyl (C=O) groups is 3. The lowest BCUT2D eigenvalue weighted by Gasteiger charge is -2.25. The average Bonchev–Trinajstić information content (AvgIpc) is 3.02. The number of hydrogen-bond donors (Lipinski definition) is 1. The number of hydrogen-bond acceptors (Lipinski definition) is 3. The highest BCUT2D eigenvalue weighted by atomic mass is 19.1. The van der Waals surface area contributed by atoms with Gasteiger partial charge in [0.15, 0.2) is 0 Å². The summed E-state index contributed by atoms with van der Waals surface area (Å²) in [6, 6.07) is 20.7. The highest BCUT2D eigenvalue weighted by Gasteiger charge is 2.42. The summed E-state index contributed by atoms with van der Waals surface area (Å²) in [5.41, 5.74) is 1.69. The molecule has 150 valence electrons. The summed E-state index contributed by atoms with van der Waals surface area (Å²) in [5, 5.41) is 2.68. The maximum absolute atomic E-state index is 13.9. The molecule has 0 aromatic heterocycles. The van der Waals surface area contributed by atoms with E-state index in [1.54, 1.807) is 42.5 Å². The Labute approximate surface area is 173 Å². The number of rotatable bonds is 6. The third-order valence-electron chi connectivity index (χ3n) is 5.12. The molecule has 1 aliphatic heterocycles. The third kappa shape index (κ3) is 3.72. The summed E-state index contributed by atoms with van der Waals surface area (Å²) in [5.74, 6) is -1.95. The Morgan fingerprint density at radius 3 is 2.03 bits per heavy atom. The van der Waals surface area contributed by atoms with Gasteiger partial charge in [-0.05, 0) is 23.8 Å². The normalized spacial score (nSPS) is 13.8. The number of amides is 3. The smallest absolute Gasteiger partial charge is 0.262 e. The molecule has 3 aromatic rings. The molecule has 0 saturated heterocycles. The summed E-state index contributed by atoms with van der Waals surface area (Å²) in [6.07, 6.45) is 0.162. The van der Waals surface area contributed by atoms with Crippen molar-refractivity contribution in [3.05, 3.63) is 107 Å². The van der Waals surface area contributed by atoms with Crippen LogP contribution in [0, 0.1) is 5.82 Å². The average molecular weight is 402 g/mol. The molecule has 1 N–H and O–H groups in total. The van der Waals surface area contributed by atoms with Crippen molar-refractivity contribution in [2.75, 3.05) is 0 Å². The van der Waals surface area contributed by atoms with E-state index in [4.69, 9.17) is 0 Å².